The summed E-state index contributed by atoms with van der Waals surface area (Å²) in [6.07, 6.45) is 0. The Labute approximate surface area is 185 Å². The Morgan fingerprint density at radius 3 is 2.38 bits per heavy atom. The second-order valence-corrected chi connectivity index (χ2v) is 11.4. The first kappa shape index (κ1) is 20.3. The lowest BCUT2D eigenvalue weighted by atomic mass is 10.0. The molecular formula is C23H17N3O4S2. The number of nitriles is 1. The molecule has 0 bridgehead atoms. The number of sulfone groups is 1. The van der Waals surface area contributed by atoms with Gasteiger partial charge in [0.1, 0.15) is 0 Å². The smallest absolute Gasteiger partial charge is 0.279 e. The molecule has 0 fully saturated rings. The van der Waals surface area contributed by atoms with E-state index >= 15 is 0 Å². The number of sulfonamides is 1. The maximum absolute atomic E-state index is 13.5. The molecule has 0 atom stereocenters. The van der Waals surface area contributed by atoms with Gasteiger partial charge < -0.3 is 4.98 Å². The third-order valence-corrected chi connectivity index (χ3v) is 9.02. The van der Waals surface area contributed by atoms with Crippen LogP contribution in [0.1, 0.15) is 5.56 Å². The molecule has 0 aliphatic carbocycles. The zero-order valence-electron chi connectivity index (χ0n) is 16.7. The molecule has 0 saturated carbocycles. The summed E-state index contributed by atoms with van der Waals surface area (Å²) >= 11 is 0. The van der Waals surface area contributed by atoms with E-state index in [0.717, 1.165) is 15.3 Å². The third-order valence-electron chi connectivity index (χ3n) is 5.55. The molecule has 3 aromatic carbocycles. The van der Waals surface area contributed by atoms with E-state index in [1.165, 1.54) is 6.07 Å². The highest BCUT2D eigenvalue weighted by molar-refractivity contribution is 7.94. The van der Waals surface area contributed by atoms with Crippen LogP contribution >= 0.6 is 0 Å². The number of rotatable bonds is 3. The number of aromatic nitrogens is 1. The zero-order valence-corrected chi connectivity index (χ0v) is 18.3. The molecule has 0 radical (unpaired) electrons. The first-order valence-electron chi connectivity index (χ1n) is 9.77. The number of nitrogens with zero attached hydrogens (tertiary/aromatic N) is 2. The highest BCUT2D eigenvalue weighted by atomic mass is 32.2. The van der Waals surface area contributed by atoms with Gasteiger partial charge in [0.25, 0.3) is 10.0 Å². The van der Waals surface area contributed by atoms with Crippen LogP contribution in [0.3, 0.4) is 0 Å². The molecule has 1 aromatic heterocycles. The summed E-state index contributed by atoms with van der Waals surface area (Å²) in [5.41, 5.74) is 2.70. The number of fused-ring (bicyclic) bond motifs is 2. The molecule has 9 heteroatoms. The first-order valence-corrected chi connectivity index (χ1v) is 12.9. The summed E-state index contributed by atoms with van der Waals surface area (Å²) in [7, 11) is -7.64. The molecule has 1 N–H and O–H groups in total. The van der Waals surface area contributed by atoms with E-state index in [1.807, 2.05) is 18.2 Å². The largest absolute Gasteiger partial charge is 0.344 e. The SMILES string of the molecule is N#Cc1ccc(-c2ccc3c(c2)N(S(=O)(=O)c2cc4ccccc4[nH]2)CCS3(=O)=O)cc1. The lowest BCUT2D eigenvalue weighted by molar-refractivity contribution is 0.582. The van der Waals surface area contributed by atoms with Crippen molar-refractivity contribution in [3.05, 3.63) is 78.4 Å². The van der Waals surface area contributed by atoms with Gasteiger partial charge in [0.15, 0.2) is 14.9 Å². The van der Waals surface area contributed by atoms with Crippen LogP contribution in [-0.4, -0.2) is 34.1 Å². The average molecular weight is 464 g/mol. The summed E-state index contributed by atoms with van der Waals surface area (Å²) in [6, 6.07) is 22.3. The third kappa shape index (κ3) is 3.25. The normalized spacial score (nSPS) is 15.3. The Hall–Kier alpha value is -3.61. The number of hydrogen-bond acceptors (Lipinski definition) is 5. The standard InChI is InChI=1S/C23H17N3O4S2/c24-15-16-5-7-17(8-6-16)18-9-10-22-21(13-18)26(11-12-31(22,27)28)32(29,30)23-14-19-3-1-2-4-20(19)25-23/h1-10,13-14,25H,11-12H2. The minimum atomic E-state index is -4.03. The van der Waals surface area contributed by atoms with E-state index in [0.29, 0.717) is 16.6 Å². The van der Waals surface area contributed by atoms with Crippen LogP contribution in [0.4, 0.5) is 5.69 Å². The van der Waals surface area contributed by atoms with Crippen molar-refractivity contribution in [2.75, 3.05) is 16.6 Å². The van der Waals surface area contributed by atoms with Gasteiger partial charge in [0.2, 0.25) is 0 Å². The number of hydrogen-bond donors (Lipinski definition) is 1. The molecule has 4 aromatic rings. The Morgan fingerprint density at radius 2 is 1.66 bits per heavy atom. The number of anilines is 1. The fourth-order valence-corrected chi connectivity index (χ4v) is 6.95. The summed E-state index contributed by atoms with van der Waals surface area (Å²) in [6.45, 7) is -0.177. The molecule has 0 saturated heterocycles. The second kappa shape index (κ2) is 7.22. The minimum absolute atomic E-state index is 0.00715. The van der Waals surface area contributed by atoms with Crippen LogP contribution in [0.15, 0.2) is 82.7 Å². The van der Waals surface area contributed by atoms with E-state index in [4.69, 9.17) is 5.26 Å². The van der Waals surface area contributed by atoms with Gasteiger partial charge in [-0.15, -0.1) is 0 Å². The van der Waals surface area contributed by atoms with Crippen molar-refractivity contribution in [2.45, 2.75) is 9.92 Å². The van der Waals surface area contributed by atoms with Gasteiger partial charge in [0.05, 0.1) is 28.0 Å². The van der Waals surface area contributed by atoms with Gasteiger partial charge in [-0.2, -0.15) is 13.7 Å². The number of aromatic amines is 1. The number of benzene rings is 3. The molecule has 0 unspecified atom stereocenters. The summed E-state index contributed by atoms with van der Waals surface area (Å²) in [4.78, 5) is 2.92. The van der Waals surface area contributed by atoms with E-state index < -0.39 is 19.9 Å². The molecule has 1 aliphatic rings. The molecular weight excluding hydrogens is 446 g/mol. The van der Waals surface area contributed by atoms with Crippen LogP contribution < -0.4 is 4.31 Å². The second-order valence-electron chi connectivity index (χ2n) is 7.49. The lowest BCUT2D eigenvalue weighted by Gasteiger charge is -2.30. The molecule has 7 nitrogen and oxygen atoms in total. The van der Waals surface area contributed by atoms with Crippen molar-refractivity contribution in [3.63, 3.8) is 0 Å². The maximum atomic E-state index is 13.5. The Morgan fingerprint density at radius 1 is 0.938 bits per heavy atom. The minimum Gasteiger partial charge on any atom is -0.344 e. The highest BCUT2D eigenvalue weighted by Gasteiger charge is 2.36. The van der Waals surface area contributed by atoms with Gasteiger partial charge in [-0.3, -0.25) is 4.31 Å². The van der Waals surface area contributed by atoms with Crippen LogP contribution in [-0.2, 0) is 19.9 Å². The van der Waals surface area contributed by atoms with E-state index in [-0.39, 0.29) is 27.9 Å². The van der Waals surface area contributed by atoms with Crippen LogP contribution in [0.5, 0.6) is 0 Å². The predicted octanol–water partition coefficient (Wildman–Crippen LogP) is 3.69. The Kier molecular flexibility index (Phi) is 4.58. The van der Waals surface area contributed by atoms with Crippen molar-refractivity contribution < 1.29 is 16.8 Å². The topological polar surface area (TPSA) is 111 Å². The van der Waals surface area contributed by atoms with Gasteiger partial charge in [-0.25, -0.2) is 8.42 Å². The number of nitrogens with one attached hydrogen (secondary N) is 1. The molecule has 160 valence electrons. The van der Waals surface area contributed by atoms with Gasteiger partial charge in [-0.05, 0) is 47.5 Å². The number of para-hydroxylation sites is 1. The van der Waals surface area contributed by atoms with E-state index in [1.54, 1.807) is 48.5 Å². The Bertz CT molecular complexity index is 1580. The van der Waals surface area contributed by atoms with E-state index in [9.17, 15) is 16.8 Å². The van der Waals surface area contributed by atoms with Crippen LogP contribution in [0.25, 0.3) is 22.0 Å². The van der Waals surface area contributed by atoms with Crippen molar-refractivity contribution >= 4 is 36.5 Å². The quantitative estimate of drug-likeness (QED) is 0.498. The average Bonchev–Trinajstić information content (AvgIpc) is 3.24. The summed E-state index contributed by atoms with van der Waals surface area (Å²) < 4.78 is 53.6. The van der Waals surface area contributed by atoms with Crippen molar-refractivity contribution in [3.8, 4) is 17.2 Å². The molecule has 5 rings (SSSR count). The van der Waals surface area contributed by atoms with Gasteiger partial charge in [-0.1, -0.05) is 36.4 Å². The fourth-order valence-electron chi connectivity index (χ4n) is 3.88. The monoisotopic (exact) mass is 463 g/mol. The maximum Gasteiger partial charge on any atom is 0.279 e. The summed E-state index contributed by atoms with van der Waals surface area (Å²) in [5.74, 6) is -0.296. The predicted molar refractivity (Wildman–Crippen MR) is 121 cm³/mol. The van der Waals surface area contributed by atoms with Crippen LogP contribution in [0, 0.1) is 11.3 Å². The van der Waals surface area contributed by atoms with E-state index in [2.05, 4.69) is 11.1 Å². The molecule has 1 aliphatic heterocycles. The van der Waals surface area contributed by atoms with Crippen molar-refractivity contribution in [2.24, 2.45) is 0 Å². The zero-order chi connectivity index (χ0) is 22.5. The highest BCUT2D eigenvalue weighted by Crippen LogP contribution is 2.38. The van der Waals surface area contributed by atoms with Crippen molar-refractivity contribution in [1.29, 1.82) is 5.26 Å². The van der Waals surface area contributed by atoms with Gasteiger partial charge >= 0.3 is 0 Å². The summed E-state index contributed by atoms with van der Waals surface area (Å²) in [5, 5.41) is 9.77. The molecule has 32 heavy (non-hydrogen) atoms. The molecule has 2 heterocycles. The van der Waals surface area contributed by atoms with Crippen LogP contribution in [0.2, 0.25) is 0 Å². The molecule has 0 spiro atoms. The number of H-pyrrole nitrogens is 1. The van der Waals surface area contributed by atoms with Gasteiger partial charge in [0, 0.05) is 17.4 Å². The lowest BCUT2D eigenvalue weighted by Crippen LogP contribution is -2.39. The van der Waals surface area contributed by atoms with Crippen molar-refractivity contribution in [1.82, 2.24) is 4.98 Å². The fraction of sp³-hybridized carbons (Fsp3) is 0.0870. The Balaban J connectivity index is 1.66. The molecule has 0 amide bonds. The first-order chi connectivity index (χ1) is 15.3.